The summed E-state index contributed by atoms with van der Waals surface area (Å²) in [5.41, 5.74) is 0.855. The van der Waals surface area contributed by atoms with E-state index in [1.807, 2.05) is 12.1 Å². The van der Waals surface area contributed by atoms with E-state index in [1.165, 1.54) is 0 Å². The summed E-state index contributed by atoms with van der Waals surface area (Å²) in [7, 11) is 1.59. The first-order valence-electron chi connectivity index (χ1n) is 5.48. The highest BCUT2D eigenvalue weighted by atomic mass is 16.5. The number of aliphatic hydroxyl groups is 1. The second kappa shape index (κ2) is 5.70. The van der Waals surface area contributed by atoms with E-state index in [1.54, 1.807) is 13.3 Å². The Labute approximate surface area is 96.7 Å². The summed E-state index contributed by atoms with van der Waals surface area (Å²) in [6, 6.07) is 3.73. The molecule has 0 saturated heterocycles. The van der Waals surface area contributed by atoms with Crippen molar-refractivity contribution in [2.45, 2.75) is 20.3 Å². The fourth-order valence-electron chi connectivity index (χ4n) is 1.21. The van der Waals surface area contributed by atoms with E-state index in [9.17, 15) is 5.11 Å². The van der Waals surface area contributed by atoms with Gasteiger partial charge < -0.3 is 15.2 Å². The van der Waals surface area contributed by atoms with E-state index in [0.29, 0.717) is 5.88 Å². The van der Waals surface area contributed by atoms with Gasteiger partial charge in [0.15, 0.2) is 0 Å². The van der Waals surface area contributed by atoms with E-state index in [2.05, 4.69) is 24.1 Å². The smallest absolute Gasteiger partial charge is 0.213 e. The lowest BCUT2D eigenvalue weighted by Crippen LogP contribution is -2.29. The fourth-order valence-corrected chi connectivity index (χ4v) is 1.21. The number of rotatable bonds is 6. The highest BCUT2D eigenvalue weighted by molar-refractivity contribution is 5.42. The van der Waals surface area contributed by atoms with Crippen LogP contribution in [0.25, 0.3) is 0 Å². The third kappa shape index (κ3) is 3.38. The molecule has 0 radical (unpaired) electrons. The van der Waals surface area contributed by atoms with Gasteiger partial charge in [-0.1, -0.05) is 13.8 Å². The van der Waals surface area contributed by atoms with Gasteiger partial charge >= 0.3 is 0 Å². The van der Waals surface area contributed by atoms with E-state index in [0.717, 1.165) is 18.7 Å². The van der Waals surface area contributed by atoms with Crippen molar-refractivity contribution in [3.8, 4) is 5.88 Å². The minimum atomic E-state index is -0.0834. The molecule has 4 nitrogen and oxygen atoms in total. The molecule has 1 heterocycles. The van der Waals surface area contributed by atoms with Crippen molar-refractivity contribution < 1.29 is 9.84 Å². The molecule has 0 fully saturated rings. The predicted octanol–water partition coefficient (Wildman–Crippen LogP) is 1.91. The molecular formula is C12H20N2O2. The molecule has 4 heteroatoms. The molecule has 0 saturated carbocycles. The summed E-state index contributed by atoms with van der Waals surface area (Å²) < 4.78 is 4.98. The average molecular weight is 224 g/mol. The van der Waals surface area contributed by atoms with Crippen LogP contribution in [0, 0.1) is 5.41 Å². The first kappa shape index (κ1) is 12.8. The lowest BCUT2D eigenvalue weighted by atomic mass is 9.88. The second-order valence-electron chi connectivity index (χ2n) is 4.27. The first-order valence-corrected chi connectivity index (χ1v) is 5.48. The normalized spacial score (nSPS) is 14.2. The molecule has 90 valence electrons. The summed E-state index contributed by atoms with van der Waals surface area (Å²) in [5.74, 6) is 0.603. The highest BCUT2D eigenvalue weighted by Gasteiger charge is 2.20. The third-order valence-electron chi connectivity index (χ3n) is 2.90. The van der Waals surface area contributed by atoms with Crippen LogP contribution >= 0.6 is 0 Å². The molecule has 16 heavy (non-hydrogen) atoms. The van der Waals surface area contributed by atoms with Crippen molar-refractivity contribution in [3.05, 3.63) is 18.3 Å². The number of hydrogen-bond acceptors (Lipinski definition) is 4. The number of aromatic nitrogens is 1. The number of anilines is 1. The maximum absolute atomic E-state index is 9.27. The summed E-state index contributed by atoms with van der Waals surface area (Å²) in [5, 5.41) is 12.5. The summed E-state index contributed by atoms with van der Waals surface area (Å²) >= 11 is 0. The first-order chi connectivity index (χ1) is 7.63. The summed E-state index contributed by atoms with van der Waals surface area (Å²) in [4.78, 5) is 4.10. The molecule has 0 bridgehead atoms. The van der Waals surface area contributed by atoms with Crippen molar-refractivity contribution in [2.24, 2.45) is 5.41 Å². The van der Waals surface area contributed by atoms with Gasteiger partial charge in [0.05, 0.1) is 25.6 Å². The predicted molar refractivity (Wildman–Crippen MR) is 64.8 cm³/mol. The lowest BCUT2D eigenvalue weighted by molar-refractivity contribution is 0.149. The van der Waals surface area contributed by atoms with Crippen LogP contribution in [0.5, 0.6) is 5.88 Å². The fraction of sp³-hybridized carbons (Fsp3) is 0.583. The third-order valence-corrected chi connectivity index (χ3v) is 2.90. The van der Waals surface area contributed by atoms with Crippen LogP contribution in [0.4, 0.5) is 5.69 Å². The van der Waals surface area contributed by atoms with E-state index in [4.69, 9.17) is 4.74 Å². The molecule has 0 aromatic carbocycles. The number of pyridine rings is 1. The molecule has 0 aliphatic heterocycles. The number of methoxy groups -OCH3 is 1. The zero-order chi connectivity index (χ0) is 12.0. The Balaban J connectivity index is 2.54. The molecule has 1 rings (SSSR count). The Bertz CT molecular complexity index is 307. The monoisotopic (exact) mass is 224 g/mol. The van der Waals surface area contributed by atoms with Crippen molar-refractivity contribution in [2.75, 3.05) is 25.6 Å². The van der Waals surface area contributed by atoms with Crippen LogP contribution in [0.2, 0.25) is 0 Å². The molecule has 0 aliphatic rings. The van der Waals surface area contributed by atoms with Crippen molar-refractivity contribution in [1.29, 1.82) is 0 Å². The van der Waals surface area contributed by atoms with Gasteiger partial charge in [-0.3, -0.25) is 0 Å². The lowest BCUT2D eigenvalue weighted by Gasteiger charge is -2.26. The number of aliphatic hydroxyl groups excluding tert-OH is 1. The van der Waals surface area contributed by atoms with E-state index in [-0.39, 0.29) is 12.0 Å². The minimum Gasteiger partial charge on any atom is -0.481 e. The number of nitrogens with one attached hydrogen (secondary N) is 1. The zero-order valence-corrected chi connectivity index (χ0v) is 10.2. The largest absolute Gasteiger partial charge is 0.481 e. The van der Waals surface area contributed by atoms with Gasteiger partial charge in [-0.15, -0.1) is 0 Å². The van der Waals surface area contributed by atoms with Crippen molar-refractivity contribution in [1.82, 2.24) is 4.98 Å². The summed E-state index contributed by atoms with van der Waals surface area (Å²) in [6.45, 7) is 5.04. The molecule has 0 spiro atoms. The van der Waals surface area contributed by atoms with Crippen LogP contribution in [0.1, 0.15) is 20.3 Å². The number of ether oxygens (including phenoxy) is 1. The SMILES string of the molecule is CCC(C)(CO)CNc1ccc(OC)nc1. The second-order valence-corrected chi connectivity index (χ2v) is 4.27. The number of hydrogen-bond donors (Lipinski definition) is 2. The molecular weight excluding hydrogens is 204 g/mol. The van der Waals surface area contributed by atoms with Gasteiger partial charge in [0.1, 0.15) is 0 Å². The molecule has 0 aliphatic carbocycles. The molecule has 0 amide bonds. The highest BCUT2D eigenvalue weighted by Crippen LogP contribution is 2.21. The van der Waals surface area contributed by atoms with Crippen LogP contribution in [0.15, 0.2) is 18.3 Å². The standard InChI is InChI=1S/C12H20N2O2/c1-4-12(2,9-15)8-14-10-5-6-11(16-3)13-7-10/h5-7,14-15H,4,8-9H2,1-3H3. The summed E-state index contributed by atoms with van der Waals surface area (Å²) in [6.07, 6.45) is 2.66. The van der Waals surface area contributed by atoms with Gasteiger partial charge in [0.25, 0.3) is 0 Å². The molecule has 1 unspecified atom stereocenters. The van der Waals surface area contributed by atoms with Gasteiger partial charge in [-0.25, -0.2) is 4.98 Å². The Morgan fingerprint density at radius 2 is 2.25 bits per heavy atom. The van der Waals surface area contributed by atoms with Crippen LogP contribution in [-0.2, 0) is 0 Å². The van der Waals surface area contributed by atoms with Crippen LogP contribution in [0.3, 0.4) is 0 Å². The van der Waals surface area contributed by atoms with Crippen molar-refractivity contribution in [3.63, 3.8) is 0 Å². The van der Waals surface area contributed by atoms with Gasteiger partial charge in [0.2, 0.25) is 5.88 Å². The van der Waals surface area contributed by atoms with Gasteiger partial charge in [-0.05, 0) is 12.5 Å². The zero-order valence-electron chi connectivity index (χ0n) is 10.2. The quantitative estimate of drug-likeness (QED) is 0.775. The van der Waals surface area contributed by atoms with Crippen molar-refractivity contribution >= 4 is 5.69 Å². The Morgan fingerprint density at radius 1 is 1.50 bits per heavy atom. The average Bonchev–Trinajstić information content (AvgIpc) is 2.36. The number of nitrogens with zero attached hydrogens (tertiary/aromatic N) is 1. The van der Waals surface area contributed by atoms with E-state index >= 15 is 0 Å². The maximum atomic E-state index is 9.27. The van der Waals surface area contributed by atoms with Gasteiger partial charge in [0, 0.05) is 18.0 Å². The Kier molecular flexibility index (Phi) is 4.55. The van der Waals surface area contributed by atoms with Gasteiger partial charge in [-0.2, -0.15) is 0 Å². The Morgan fingerprint density at radius 3 is 2.69 bits per heavy atom. The van der Waals surface area contributed by atoms with E-state index < -0.39 is 0 Å². The Hall–Kier alpha value is -1.29. The molecule has 1 aromatic heterocycles. The molecule has 1 atom stereocenters. The van der Waals surface area contributed by atoms with Crippen LogP contribution < -0.4 is 10.1 Å². The molecule has 2 N–H and O–H groups in total. The topological polar surface area (TPSA) is 54.4 Å². The molecule has 1 aromatic rings. The minimum absolute atomic E-state index is 0.0834. The maximum Gasteiger partial charge on any atom is 0.213 e. The van der Waals surface area contributed by atoms with Crippen LogP contribution in [-0.4, -0.2) is 30.4 Å².